The summed E-state index contributed by atoms with van der Waals surface area (Å²) in [7, 11) is 0. The van der Waals surface area contributed by atoms with Crippen molar-refractivity contribution in [1.82, 2.24) is 9.97 Å². The highest BCUT2D eigenvalue weighted by atomic mass is 32.1. The van der Waals surface area contributed by atoms with Crippen LogP contribution in [0, 0.1) is 0 Å². The average Bonchev–Trinajstić information content (AvgIpc) is 3.57. The van der Waals surface area contributed by atoms with Gasteiger partial charge in [-0.15, -0.1) is 11.3 Å². The molecule has 1 aliphatic rings. The third-order valence-electron chi connectivity index (χ3n) is 5.76. The number of allylic oxidation sites excluding steroid dienone is 1. The lowest BCUT2D eigenvalue weighted by molar-refractivity contribution is 0.0990. The zero-order valence-electron chi connectivity index (χ0n) is 16.9. The van der Waals surface area contributed by atoms with Gasteiger partial charge in [-0.3, -0.25) is 9.59 Å². The number of Topliss-reactive ketones (excluding diaryl/α,β-unsaturated/α-hetero) is 2. The monoisotopic (exact) mass is 464 g/mol. The molecule has 6 aromatic rings. The molecule has 7 rings (SSSR count). The predicted molar refractivity (Wildman–Crippen MR) is 131 cm³/mol. The third kappa shape index (κ3) is 2.83. The molecule has 0 radical (unpaired) electrons. The molecular formula is C26H12N2O3S2. The van der Waals surface area contributed by atoms with Gasteiger partial charge in [0.1, 0.15) is 5.01 Å². The maximum atomic E-state index is 13.0. The van der Waals surface area contributed by atoms with Crippen molar-refractivity contribution in [2.24, 2.45) is 0 Å². The number of hydrogen-bond donors (Lipinski definition) is 0. The molecule has 0 fully saturated rings. The van der Waals surface area contributed by atoms with E-state index in [0.717, 1.165) is 20.7 Å². The van der Waals surface area contributed by atoms with Crippen LogP contribution < -0.4 is 0 Å². The Labute approximate surface area is 194 Å². The van der Waals surface area contributed by atoms with E-state index in [1.807, 2.05) is 36.4 Å². The summed E-state index contributed by atoms with van der Waals surface area (Å²) in [5, 5.41) is 3.86. The first-order valence-electron chi connectivity index (χ1n) is 10.2. The number of thiophene rings is 1. The summed E-state index contributed by atoms with van der Waals surface area (Å²) in [4.78, 5) is 36.7. The highest BCUT2D eigenvalue weighted by Gasteiger charge is 2.34. The van der Waals surface area contributed by atoms with Gasteiger partial charge in [0.15, 0.2) is 16.4 Å². The Balaban J connectivity index is 1.26. The van der Waals surface area contributed by atoms with Gasteiger partial charge >= 0.3 is 0 Å². The average molecular weight is 465 g/mol. The molecule has 5 nitrogen and oxygen atoms in total. The lowest BCUT2D eigenvalue weighted by Crippen LogP contribution is -2.00. The Bertz CT molecular complexity index is 1700. The molecule has 0 unspecified atom stereocenters. The standard InChI is InChI=1S/C26H12N2O3S2/c29-22-16-9-13-5-1-2-6-14(13)10-17(16)23(30)18(22)12-21-27-26-24(31-21)28-25(33-26)20-11-15-7-3-4-8-19(15)32-20/h1-12H. The molecular weight excluding hydrogens is 452 g/mol. The molecule has 0 saturated heterocycles. The van der Waals surface area contributed by atoms with Crippen molar-refractivity contribution >= 4 is 71.7 Å². The van der Waals surface area contributed by atoms with E-state index < -0.39 is 0 Å². The molecule has 1 aliphatic carbocycles. The molecule has 0 N–H and O–H groups in total. The fourth-order valence-electron chi connectivity index (χ4n) is 4.18. The number of thiazole rings is 1. The van der Waals surface area contributed by atoms with Gasteiger partial charge in [0.05, 0.1) is 10.5 Å². The largest absolute Gasteiger partial charge is 0.417 e. The number of carbonyl (C=O) groups excluding carboxylic acids is 2. The van der Waals surface area contributed by atoms with Crippen LogP contribution in [-0.4, -0.2) is 21.5 Å². The number of hydrogen-bond acceptors (Lipinski definition) is 7. The second-order valence-corrected chi connectivity index (χ2v) is 9.85. The van der Waals surface area contributed by atoms with Crippen molar-refractivity contribution in [1.29, 1.82) is 0 Å². The number of rotatable bonds is 2. The van der Waals surface area contributed by atoms with Crippen LogP contribution in [0.15, 0.2) is 76.7 Å². The number of carbonyl (C=O) groups is 2. The van der Waals surface area contributed by atoms with Crippen LogP contribution >= 0.6 is 22.7 Å². The highest BCUT2D eigenvalue weighted by Crippen LogP contribution is 2.38. The van der Waals surface area contributed by atoms with Crippen molar-refractivity contribution in [3.63, 3.8) is 0 Å². The molecule has 3 aromatic carbocycles. The highest BCUT2D eigenvalue weighted by molar-refractivity contribution is 7.27. The maximum Gasteiger partial charge on any atom is 0.259 e. The maximum absolute atomic E-state index is 13.0. The van der Waals surface area contributed by atoms with Crippen LogP contribution in [0.25, 0.3) is 47.4 Å². The zero-order valence-corrected chi connectivity index (χ0v) is 18.5. The number of aromatic nitrogens is 2. The Morgan fingerprint density at radius 3 is 2.09 bits per heavy atom. The normalized spacial score (nSPS) is 13.5. The fourth-order valence-corrected chi connectivity index (χ4v) is 6.15. The molecule has 7 heteroatoms. The molecule has 3 heterocycles. The molecule has 0 saturated carbocycles. The minimum atomic E-state index is -0.304. The fraction of sp³-hybridized carbons (Fsp3) is 0. The van der Waals surface area contributed by atoms with Gasteiger partial charge in [-0.25, -0.2) is 0 Å². The smallest absolute Gasteiger partial charge is 0.259 e. The van der Waals surface area contributed by atoms with Crippen molar-refractivity contribution in [3.05, 3.63) is 89.3 Å². The van der Waals surface area contributed by atoms with Crippen LogP contribution in [0.4, 0.5) is 0 Å². The number of oxazole rings is 1. The SMILES string of the molecule is O=C1C(=Cc2nc3sc(-c4cc5ccccc5s4)nc3o2)C(=O)c2cc3ccccc3cc21. The van der Waals surface area contributed by atoms with E-state index in [0.29, 0.717) is 21.7 Å². The number of benzene rings is 3. The summed E-state index contributed by atoms with van der Waals surface area (Å²) in [6.45, 7) is 0. The van der Waals surface area contributed by atoms with Crippen LogP contribution in [0.3, 0.4) is 0 Å². The number of fused-ring (bicyclic) bond motifs is 4. The van der Waals surface area contributed by atoms with Crippen LogP contribution in [0.1, 0.15) is 26.6 Å². The van der Waals surface area contributed by atoms with E-state index in [9.17, 15) is 9.59 Å². The zero-order chi connectivity index (χ0) is 22.1. The molecule has 0 amide bonds. The molecule has 0 aliphatic heterocycles. The van der Waals surface area contributed by atoms with E-state index in [-0.39, 0.29) is 23.0 Å². The Kier molecular flexibility index (Phi) is 3.82. The third-order valence-corrected chi connectivity index (χ3v) is 7.98. The van der Waals surface area contributed by atoms with E-state index in [1.54, 1.807) is 23.5 Å². The Morgan fingerprint density at radius 2 is 1.42 bits per heavy atom. The first kappa shape index (κ1) is 18.6. The van der Waals surface area contributed by atoms with Gasteiger partial charge < -0.3 is 4.42 Å². The van der Waals surface area contributed by atoms with Gasteiger partial charge in [-0.05, 0) is 40.4 Å². The molecule has 3 aromatic heterocycles. The Hall–Kier alpha value is -3.94. The van der Waals surface area contributed by atoms with Gasteiger partial charge in [0, 0.05) is 21.9 Å². The predicted octanol–water partition coefficient (Wildman–Crippen LogP) is 6.78. The molecule has 0 atom stereocenters. The van der Waals surface area contributed by atoms with Gasteiger partial charge in [0.2, 0.25) is 5.89 Å². The number of nitrogens with zero attached hydrogens (tertiary/aromatic N) is 2. The van der Waals surface area contributed by atoms with E-state index in [2.05, 4.69) is 28.2 Å². The van der Waals surface area contributed by atoms with Crippen LogP contribution in [0.2, 0.25) is 0 Å². The summed E-state index contributed by atoms with van der Waals surface area (Å²) in [5.74, 6) is -0.400. The van der Waals surface area contributed by atoms with Crippen LogP contribution in [0.5, 0.6) is 0 Å². The lowest BCUT2D eigenvalue weighted by atomic mass is 10.0. The summed E-state index contributed by atoms with van der Waals surface area (Å²) in [6, 6.07) is 21.5. The van der Waals surface area contributed by atoms with Gasteiger partial charge in [0.25, 0.3) is 5.71 Å². The minimum absolute atomic E-state index is 0.0685. The molecule has 156 valence electrons. The second kappa shape index (κ2) is 6.78. The topological polar surface area (TPSA) is 73.1 Å². The quantitative estimate of drug-likeness (QED) is 0.209. The lowest BCUT2D eigenvalue weighted by Gasteiger charge is -2.00. The van der Waals surface area contributed by atoms with Crippen molar-refractivity contribution in [3.8, 4) is 9.88 Å². The summed E-state index contributed by atoms with van der Waals surface area (Å²) >= 11 is 3.10. The van der Waals surface area contributed by atoms with Crippen LogP contribution in [-0.2, 0) is 0 Å². The van der Waals surface area contributed by atoms with Gasteiger partial charge in [-0.1, -0.05) is 53.8 Å². The van der Waals surface area contributed by atoms with E-state index in [4.69, 9.17) is 4.42 Å². The van der Waals surface area contributed by atoms with Gasteiger partial charge in [-0.2, -0.15) is 9.97 Å². The summed E-state index contributed by atoms with van der Waals surface area (Å²) in [5.41, 5.74) is 1.31. The first-order chi connectivity index (χ1) is 16.1. The summed E-state index contributed by atoms with van der Waals surface area (Å²) < 4.78 is 6.99. The van der Waals surface area contributed by atoms with Crippen molar-refractivity contribution in [2.75, 3.05) is 0 Å². The minimum Gasteiger partial charge on any atom is -0.417 e. The molecule has 33 heavy (non-hydrogen) atoms. The second-order valence-electron chi connectivity index (χ2n) is 7.79. The molecule has 0 bridgehead atoms. The number of ketones is 2. The van der Waals surface area contributed by atoms with Crippen molar-refractivity contribution in [2.45, 2.75) is 0 Å². The van der Waals surface area contributed by atoms with E-state index >= 15 is 0 Å². The first-order valence-corrected chi connectivity index (χ1v) is 11.9. The van der Waals surface area contributed by atoms with Crippen molar-refractivity contribution < 1.29 is 14.0 Å². The molecule has 0 spiro atoms. The van der Waals surface area contributed by atoms with E-state index in [1.165, 1.54) is 27.5 Å². The Morgan fingerprint density at radius 1 is 0.758 bits per heavy atom. The summed E-state index contributed by atoms with van der Waals surface area (Å²) in [6.07, 6.45) is 1.43.